The van der Waals surface area contributed by atoms with Gasteiger partial charge in [-0.15, -0.1) is 0 Å². The maximum absolute atomic E-state index is 10.5. The second-order valence-electron chi connectivity index (χ2n) is 1.82. The summed E-state index contributed by atoms with van der Waals surface area (Å²) in [5.41, 5.74) is -0.176. The number of Topliss-reactive ketones (excluding diaryl/α,β-unsaturated/α-hetero) is 1. The molecule has 1 aliphatic heterocycles. The molecule has 1 aliphatic rings. The fraction of sp³-hybridized carbons (Fsp3) is 0.167. The number of carbonyl (C=O) groups is 3. The van der Waals surface area contributed by atoms with Crippen molar-refractivity contribution in [1.82, 2.24) is 0 Å². The first-order chi connectivity index (χ1) is 4.61. The summed E-state index contributed by atoms with van der Waals surface area (Å²) in [5, 5.41) is 0. The lowest BCUT2D eigenvalue weighted by atomic mass is 10.2. The molecule has 4 heteroatoms. The lowest BCUT2D eigenvalue weighted by Crippen LogP contribution is -2.06. The summed E-state index contributed by atoms with van der Waals surface area (Å²) < 4.78 is 4.04. The SMILES string of the molecule is CC(=O)C1=CC(=O)OC1=O. The zero-order chi connectivity index (χ0) is 7.72. The fourth-order valence-electron chi connectivity index (χ4n) is 0.598. The predicted molar refractivity (Wildman–Crippen MR) is 29.9 cm³/mol. The second kappa shape index (κ2) is 2.06. The molecule has 1 heterocycles. The molecule has 4 nitrogen and oxygen atoms in total. The Morgan fingerprint density at radius 3 is 2.30 bits per heavy atom. The molecular formula is C6H4O4. The predicted octanol–water partition coefficient (Wildman–Crippen LogP) is -0.415. The van der Waals surface area contributed by atoms with Crippen molar-refractivity contribution in [2.45, 2.75) is 6.92 Å². The smallest absolute Gasteiger partial charge is 0.349 e. The monoisotopic (exact) mass is 140 g/mol. The molecule has 10 heavy (non-hydrogen) atoms. The van der Waals surface area contributed by atoms with Crippen LogP contribution in [-0.4, -0.2) is 17.7 Å². The van der Waals surface area contributed by atoms with Gasteiger partial charge in [0.1, 0.15) is 5.57 Å². The van der Waals surface area contributed by atoms with E-state index in [1.54, 1.807) is 0 Å². The topological polar surface area (TPSA) is 60.4 Å². The van der Waals surface area contributed by atoms with E-state index in [1.807, 2.05) is 0 Å². The van der Waals surface area contributed by atoms with Crippen molar-refractivity contribution in [3.8, 4) is 0 Å². The Kier molecular flexibility index (Phi) is 1.37. The zero-order valence-corrected chi connectivity index (χ0v) is 5.21. The summed E-state index contributed by atoms with van der Waals surface area (Å²) in [7, 11) is 0. The van der Waals surface area contributed by atoms with Crippen LogP contribution >= 0.6 is 0 Å². The maximum atomic E-state index is 10.5. The van der Waals surface area contributed by atoms with E-state index in [4.69, 9.17) is 0 Å². The van der Waals surface area contributed by atoms with Crippen LogP contribution in [0.15, 0.2) is 11.6 Å². The summed E-state index contributed by atoms with van der Waals surface area (Å²) in [6, 6.07) is 0. The van der Waals surface area contributed by atoms with Gasteiger partial charge in [0.2, 0.25) is 0 Å². The van der Waals surface area contributed by atoms with Crippen molar-refractivity contribution < 1.29 is 19.1 Å². The molecule has 0 bridgehead atoms. The quantitative estimate of drug-likeness (QED) is 0.282. The minimum absolute atomic E-state index is 0.176. The van der Waals surface area contributed by atoms with E-state index in [0.717, 1.165) is 6.08 Å². The Bertz CT molecular complexity index is 248. The molecule has 0 aromatic rings. The Hall–Kier alpha value is -1.45. The molecule has 0 fully saturated rings. The molecule has 0 aliphatic carbocycles. The summed E-state index contributed by atoms with van der Waals surface area (Å²) in [5.74, 6) is -2.07. The molecule has 0 radical (unpaired) electrons. The number of esters is 2. The third kappa shape index (κ3) is 0.953. The van der Waals surface area contributed by atoms with Crippen LogP contribution in [0.2, 0.25) is 0 Å². The standard InChI is InChI=1S/C6H4O4/c1-3(7)4-2-5(8)10-6(4)9/h2H,1H3. The lowest BCUT2D eigenvalue weighted by Gasteiger charge is -1.87. The van der Waals surface area contributed by atoms with E-state index >= 15 is 0 Å². The van der Waals surface area contributed by atoms with Gasteiger partial charge in [-0.3, -0.25) is 4.79 Å². The van der Waals surface area contributed by atoms with E-state index < -0.39 is 17.7 Å². The number of hydrogen-bond donors (Lipinski definition) is 0. The molecular weight excluding hydrogens is 136 g/mol. The highest BCUT2D eigenvalue weighted by Crippen LogP contribution is 2.07. The van der Waals surface area contributed by atoms with Gasteiger partial charge in [0, 0.05) is 6.08 Å². The Morgan fingerprint density at radius 2 is 2.10 bits per heavy atom. The first kappa shape index (κ1) is 6.67. The molecule has 0 N–H and O–H groups in total. The van der Waals surface area contributed by atoms with Crippen molar-refractivity contribution in [2.24, 2.45) is 0 Å². The average Bonchev–Trinajstić information content (AvgIpc) is 2.10. The van der Waals surface area contributed by atoms with Crippen LogP contribution in [0.3, 0.4) is 0 Å². The third-order valence-electron chi connectivity index (χ3n) is 1.05. The van der Waals surface area contributed by atoms with Gasteiger partial charge in [0.25, 0.3) is 0 Å². The zero-order valence-electron chi connectivity index (χ0n) is 5.21. The number of hydrogen-bond acceptors (Lipinski definition) is 4. The lowest BCUT2D eigenvalue weighted by molar-refractivity contribution is -0.150. The highest BCUT2D eigenvalue weighted by atomic mass is 16.6. The minimum Gasteiger partial charge on any atom is -0.386 e. The molecule has 0 atom stereocenters. The van der Waals surface area contributed by atoms with Gasteiger partial charge in [0.05, 0.1) is 0 Å². The van der Waals surface area contributed by atoms with E-state index in [0.29, 0.717) is 0 Å². The number of cyclic esters (lactones) is 2. The summed E-state index contributed by atoms with van der Waals surface area (Å²) in [6.07, 6.45) is 0.894. The normalized spacial score (nSPS) is 16.7. The van der Waals surface area contributed by atoms with E-state index in [1.165, 1.54) is 6.92 Å². The van der Waals surface area contributed by atoms with E-state index in [2.05, 4.69) is 4.74 Å². The second-order valence-corrected chi connectivity index (χ2v) is 1.82. The molecule has 0 saturated carbocycles. The Morgan fingerprint density at radius 1 is 1.50 bits per heavy atom. The van der Waals surface area contributed by atoms with Gasteiger partial charge in [-0.1, -0.05) is 0 Å². The van der Waals surface area contributed by atoms with Gasteiger partial charge < -0.3 is 4.74 Å². The molecule has 52 valence electrons. The third-order valence-corrected chi connectivity index (χ3v) is 1.05. The van der Waals surface area contributed by atoms with Crippen LogP contribution in [0.1, 0.15) is 6.92 Å². The highest BCUT2D eigenvalue weighted by molar-refractivity contribution is 6.25. The van der Waals surface area contributed by atoms with Gasteiger partial charge in [-0.2, -0.15) is 0 Å². The van der Waals surface area contributed by atoms with Crippen LogP contribution in [0, 0.1) is 0 Å². The van der Waals surface area contributed by atoms with Crippen LogP contribution < -0.4 is 0 Å². The molecule has 0 spiro atoms. The number of ketones is 1. The first-order valence-corrected chi connectivity index (χ1v) is 2.60. The molecule has 1 rings (SSSR count). The number of rotatable bonds is 1. The molecule has 0 amide bonds. The largest absolute Gasteiger partial charge is 0.386 e. The Labute approximate surface area is 56.5 Å². The molecule has 0 saturated heterocycles. The van der Waals surface area contributed by atoms with E-state index in [9.17, 15) is 14.4 Å². The van der Waals surface area contributed by atoms with E-state index in [-0.39, 0.29) is 5.57 Å². The van der Waals surface area contributed by atoms with Crippen LogP contribution in [0.5, 0.6) is 0 Å². The van der Waals surface area contributed by atoms with Crippen molar-refractivity contribution in [3.63, 3.8) is 0 Å². The summed E-state index contributed by atoms with van der Waals surface area (Å²) in [4.78, 5) is 31.3. The van der Waals surface area contributed by atoms with Crippen molar-refractivity contribution in [3.05, 3.63) is 11.6 Å². The maximum Gasteiger partial charge on any atom is 0.349 e. The van der Waals surface area contributed by atoms with Crippen LogP contribution in [0.25, 0.3) is 0 Å². The molecule has 0 aromatic carbocycles. The molecule has 0 aromatic heterocycles. The number of ether oxygens (including phenoxy) is 1. The Balaban J connectivity index is 2.96. The molecule has 0 unspecified atom stereocenters. The summed E-state index contributed by atoms with van der Waals surface area (Å²) in [6.45, 7) is 1.20. The van der Waals surface area contributed by atoms with Gasteiger partial charge in [0.15, 0.2) is 5.78 Å². The van der Waals surface area contributed by atoms with Crippen molar-refractivity contribution >= 4 is 17.7 Å². The fourth-order valence-corrected chi connectivity index (χ4v) is 0.598. The first-order valence-electron chi connectivity index (χ1n) is 2.60. The van der Waals surface area contributed by atoms with Crippen molar-refractivity contribution in [1.29, 1.82) is 0 Å². The van der Waals surface area contributed by atoms with Gasteiger partial charge >= 0.3 is 11.9 Å². The van der Waals surface area contributed by atoms with Crippen LogP contribution in [-0.2, 0) is 19.1 Å². The van der Waals surface area contributed by atoms with Gasteiger partial charge in [-0.05, 0) is 6.92 Å². The average molecular weight is 140 g/mol. The highest BCUT2D eigenvalue weighted by Gasteiger charge is 2.26. The number of carbonyl (C=O) groups excluding carboxylic acids is 3. The van der Waals surface area contributed by atoms with Crippen LogP contribution in [0.4, 0.5) is 0 Å². The van der Waals surface area contributed by atoms with Gasteiger partial charge in [-0.25, -0.2) is 9.59 Å². The minimum atomic E-state index is -0.850. The summed E-state index contributed by atoms with van der Waals surface area (Å²) >= 11 is 0. The van der Waals surface area contributed by atoms with Crippen molar-refractivity contribution in [2.75, 3.05) is 0 Å².